The highest BCUT2D eigenvalue weighted by atomic mass is 79.9. The Balaban J connectivity index is 1.60. The molecule has 23 heavy (non-hydrogen) atoms. The van der Waals surface area contributed by atoms with Crippen LogP contribution in [0.3, 0.4) is 0 Å². The van der Waals surface area contributed by atoms with E-state index in [-0.39, 0.29) is 19.1 Å². The van der Waals surface area contributed by atoms with Crippen molar-refractivity contribution in [1.82, 2.24) is 9.88 Å². The minimum absolute atomic E-state index is 0.0556. The molecule has 1 N–H and O–H groups in total. The number of rotatable bonds is 4. The number of carboxylic acid groups (broad SMARTS) is 1. The second-order valence-corrected chi connectivity index (χ2v) is 7.29. The zero-order valence-electron chi connectivity index (χ0n) is 12.2. The number of carbonyl (C=O) groups excluding carboxylic acids is 1. The molecular formula is C15H15BrN2O4S. The van der Waals surface area contributed by atoms with Crippen molar-refractivity contribution in [2.24, 2.45) is 0 Å². The predicted molar refractivity (Wildman–Crippen MR) is 89.6 cm³/mol. The monoisotopic (exact) mass is 398 g/mol. The van der Waals surface area contributed by atoms with Gasteiger partial charge in [-0.05, 0) is 18.2 Å². The normalized spacial score (nSPS) is 18.3. The standard InChI is InChI=1S/C15H15BrN2O4S/c16-9-1-2-12-10(7-9)17-13(23-12)3-4-14(19)18-5-6-22-11(8-18)15(20)21/h1-2,7,11H,3-6,8H2,(H,20,21)/t11-/m0/s1. The van der Waals surface area contributed by atoms with Gasteiger partial charge < -0.3 is 14.7 Å². The van der Waals surface area contributed by atoms with Crippen molar-refractivity contribution in [3.8, 4) is 0 Å². The number of amides is 1. The molecule has 2 aromatic rings. The molecule has 3 rings (SSSR count). The molecule has 0 radical (unpaired) electrons. The van der Waals surface area contributed by atoms with Gasteiger partial charge >= 0.3 is 5.97 Å². The maximum absolute atomic E-state index is 12.3. The number of benzene rings is 1. The molecule has 2 heterocycles. The highest BCUT2D eigenvalue weighted by molar-refractivity contribution is 9.10. The number of hydrogen-bond acceptors (Lipinski definition) is 5. The molecule has 1 fully saturated rings. The molecule has 1 amide bonds. The lowest BCUT2D eigenvalue weighted by atomic mass is 10.2. The molecule has 1 atom stereocenters. The topological polar surface area (TPSA) is 79.7 Å². The summed E-state index contributed by atoms with van der Waals surface area (Å²) in [6.07, 6.45) is -0.0365. The SMILES string of the molecule is O=C(O)[C@@H]1CN(C(=O)CCc2nc3cc(Br)ccc3s2)CCO1. The average Bonchev–Trinajstić information content (AvgIpc) is 2.94. The lowest BCUT2D eigenvalue weighted by Crippen LogP contribution is -2.48. The van der Waals surface area contributed by atoms with Crippen LogP contribution >= 0.6 is 27.3 Å². The van der Waals surface area contributed by atoms with Crippen molar-refractivity contribution in [3.05, 3.63) is 27.7 Å². The summed E-state index contributed by atoms with van der Waals surface area (Å²) in [5.41, 5.74) is 0.920. The van der Waals surface area contributed by atoms with Crippen LogP contribution in [0.4, 0.5) is 0 Å². The Morgan fingerprint density at radius 3 is 3.09 bits per heavy atom. The number of ether oxygens (including phenoxy) is 1. The number of thiazole rings is 1. The first-order chi connectivity index (χ1) is 11.0. The van der Waals surface area contributed by atoms with E-state index in [9.17, 15) is 9.59 Å². The van der Waals surface area contributed by atoms with Gasteiger partial charge in [0.15, 0.2) is 6.10 Å². The summed E-state index contributed by atoms with van der Waals surface area (Å²) in [5.74, 6) is -1.08. The fraction of sp³-hybridized carbons (Fsp3) is 0.400. The van der Waals surface area contributed by atoms with Gasteiger partial charge in [-0.3, -0.25) is 4.79 Å². The molecule has 1 aromatic heterocycles. The van der Waals surface area contributed by atoms with Gasteiger partial charge in [0.05, 0.1) is 28.4 Å². The maximum Gasteiger partial charge on any atom is 0.334 e. The van der Waals surface area contributed by atoms with E-state index in [0.29, 0.717) is 19.4 Å². The number of aryl methyl sites for hydroxylation is 1. The van der Waals surface area contributed by atoms with E-state index in [0.717, 1.165) is 19.7 Å². The fourth-order valence-electron chi connectivity index (χ4n) is 2.45. The van der Waals surface area contributed by atoms with Crippen LogP contribution in [0.5, 0.6) is 0 Å². The van der Waals surface area contributed by atoms with Crippen LogP contribution in [0.25, 0.3) is 10.2 Å². The van der Waals surface area contributed by atoms with Gasteiger partial charge in [-0.1, -0.05) is 15.9 Å². The lowest BCUT2D eigenvalue weighted by Gasteiger charge is -2.30. The van der Waals surface area contributed by atoms with Crippen LogP contribution in [0.15, 0.2) is 22.7 Å². The van der Waals surface area contributed by atoms with Gasteiger partial charge in [0.1, 0.15) is 0 Å². The second-order valence-electron chi connectivity index (χ2n) is 5.26. The van der Waals surface area contributed by atoms with Gasteiger partial charge in [0.25, 0.3) is 0 Å². The minimum Gasteiger partial charge on any atom is -0.479 e. The third kappa shape index (κ3) is 3.88. The quantitative estimate of drug-likeness (QED) is 0.854. The molecule has 0 aliphatic carbocycles. The number of halogens is 1. The molecule has 1 saturated heterocycles. The van der Waals surface area contributed by atoms with Crippen LogP contribution in [0.2, 0.25) is 0 Å². The van der Waals surface area contributed by atoms with Gasteiger partial charge in [-0.2, -0.15) is 0 Å². The Hall–Kier alpha value is -1.51. The van der Waals surface area contributed by atoms with E-state index in [1.165, 1.54) is 0 Å². The van der Waals surface area contributed by atoms with Gasteiger partial charge in [-0.25, -0.2) is 9.78 Å². The van der Waals surface area contributed by atoms with Gasteiger partial charge in [0, 0.05) is 23.9 Å². The number of aliphatic carboxylic acids is 1. The molecule has 8 heteroatoms. The molecule has 1 aliphatic rings. The van der Waals surface area contributed by atoms with E-state index in [2.05, 4.69) is 20.9 Å². The van der Waals surface area contributed by atoms with Crippen molar-refractivity contribution in [3.63, 3.8) is 0 Å². The molecule has 1 aromatic carbocycles. The number of carboxylic acids is 1. The minimum atomic E-state index is -1.03. The molecule has 0 bridgehead atoms. The molecule has 0 spiro atoms. The summed E-state index contributed by atoms with van der Waals surface area (Å²) in [4.78, 5) is 29.3. The maximum atomic E-state index is 12.3. The first kappa shape index (κ1) is 16.4. The Bertz CT molecular complexity index is 748. The summed E-state index contributed by atoms with van der Waals surface area (Å²) in [5, 5.41) is 9.89. The smallest absolute Gasteiger partial charge is 0.334 e. The van der Waals surface area contributed by atoms with Crippen LogP contribution in [-0.4, -0.2) is 52.7 Å². The highest BCUT2D eigenvalue weighted by Gasteiger charge is 2.28. The molecule has 1 aliphatic heterocycles. The van der Waals surface area contributed by atoms with Crippen molar-refractivity contribution < 1.29 is 19.4 Å². The largest absolute Gasteiger partial charge is 0.479 e. The summed E-state index contributed by atoms with van der Waals surface area (Å²) in [7, 11) is 0. The second kappa shape index (κ2) is 6.94. The number of hydrogen-bond donors (Lipinski definition) is 1. The van der Waals surface area contributed by atoms with Crippen molar-refractivity contribution in [2.45, 2.75) is 18.9 Å². The zero-order valence-corrected chi connectivity index (χ0v) is 14.6. The first-order valence-corrected chi connectivity index (χ1v) is 8.81. The van der Waals surface area contributed by atoms with Gasteiger partial charge in [0.2, 0.25) is 5.91 Å². The summed E-state index contributed by atoms with van der Waals surface area (Å²) < 4.78 is 7.19. The van der Waals surface area contributed by atoms with Crippen LogP contribution in [0.1, 0.15) is 11.4 Å². The van der Waals surface area contributed by atoms with E-state index in [1.54, 1.807) is 16.2 Å². The Labute approximate surface area is 145 Å². The van der Waals surface area contributed by atoms with Gasteiger partial charge in [-0.15, -0.1) is 11.3 Å². The summed E-state index contributed by atoms with van der Waals surface area (Å²) in [6, 6.07) is 5.92. The van der Waals surface area contributed by atoms with E-state index < -0.39 is 12.1 Å². The average molecular weight is 399 g/mol. The number of aromatic nitrogens is 1. The van der Waals surface area contributed by atoms with Crippen molar-refractivity contribution in [2.75, 3.05) is 19.7 Å². The van der Waals surface area contributed by atoms with Crippen LogP contribution in [-0.2, 0) is 20.7 Å². The van der Waals surface area contributed by atoms with E-state index in [1.807, 2.05) is 18.2 Å². The molecule has 6 nitrogen and oxygen atoms in total. The van der Waals surface area contributed by atoms with Crippen LogP contribution in [0, 0.1) is 0 Å². The Kier molecular flexibility index (Phi) is 4.93. The predicted octanol–water partition coefficient (Wildman–Crippen LogP) is 2.30. The highest BCUT2D eigenvalue weighted by Crippen LogP contribution is 2.26. The van der Waals surface area contributed by atoms with E-state index in [4.69, 9.17) is 9.84 Å². The third-order valence-electron chi connectivity index (χ3n) is 3.64. The lowest BCUT2D eigenvalue weighted by molar-refractivity contribution is -0.159. The number of fused-ring (bicyclic) bond motifs is 1. The summed E-state index contributed by atoms with van der Waals surface area (Å²) in [6.45, 7) is 0.814. The fourth-order valence-corrected chi connectivity index (χ4v) is 3.75. The summed E-state index contributed by atoms with van der Waals surface area (Å²) >= 11 is 5.00. The molecule has 0 unspecified atom stereocenters. The third-order valence-corrected chi connectivity index (χ3v) is 5.23. The van der Waals surface area contributed by atoms with E-state index >= 15 is 0 Å². The van der Waals surface area contributed by atoms with Crippen molar-refractivity contribution in [1.29, 1.82) is 0 Å². The van der Waals surface area contributed by atoms with Crippen molar-refractivity contribution >= 4 is 49.4 Å². The molecular weight excluding hydrogens is 384 g/mol. The number of morpholine rings is 1. The molecule has 0 saturated carbocycles. The zero-order chi connectivity index (χ0) is 16.4. The molecule has 122 valence electrons. The Morgan fingerprint density at radius 1 is 1.48 bits per heavy atom. The van der Waals surface area contributed by atoms with Crippen LogP contribution < -0.4 is 0 Å². The number of nitrogens with zero attached hydrogens (tertiary/aromatic N) is 2. The Morgan fingerprint density at radius 2 is 2.30 bits per heavy atom. The first-order valence-electron chi connectivity index (χ1n) is 7.20. The number of carbonyl (C=O) groups is 2.